The van der Waals surface area contributed by atoms with Gasteiger partial charge in [-0.05, 0) is 44.4 Å². The molecule has 0 saturated heterocycles. The van der Waals surface area contributed by atoms with Crippen LogP contribution in [0, 0.1) is 6.92 Å². The fourth-order valence-electron chi connectivity index (χ4n) is 3.71. The third-order valence-electron chi connectivity index (χ3n) is 5.56. The molecule has 2 aromatic rings. The Labute approximate surface area is 203 Å². The smallest absolute Gasteiger partial charge is 0.242 e. The molecule has 0 unspecified atom stereocenters. The van der Waals surface area contributed by atoms with E-state index in [4.69, 9.17) is 4.74 Å². The van der Waals surface area contributed by atoms with Gasteiger partial charge in [-0.3, -0.25) is 9.59 Å². The van der Waals surface area contributed by atoms with Crippen molar-refractivity contribution in [1.82, 2.24) is 9.80 Å². The SMILES string of the molecule is CCCCCCC(=O)N(CCCOCC)CC(=O)N(Cc1ccccc1)Cc1ccc(C)s1. The highest BCUT2D eigenvalue weighted by molar-refractivity contribution is 7.11. The van der Waals surface area contributed by atoms with Crippen LogP contribution in [0.5, 0.6) is 0 Å². The number of aryl methyl sites for hydroxylation is 1. The van der Waals surface area contributed by atoms with Gasteiger partial charge in [-0.1, -0.05) is 56.5 Å². The molecule has 2 amide bonds. The van der Waals surface area contributed by atoms with E-state index in [0.29, 0.717) is 39.3 Å². The van der Waals surface area contributed by atoms with Crippen molar-refractivity contribution in [3.8, 4) is 0 Å². The minimum absolute atomic E-state index is 0.0109. The van der Waals surface area contributed by atoms with Gasteiger partial charge in [0.2, 0.25) is 11.8 Å². The standard InChI is InChI=1S/C27H40N2O3S/c1-4-6-7-11-15-26(30)28(18-12-19-32-5-2)22-27(31)29(20-24-13-9-8-10-14-24)21-25-17-16-23(3)33-25/h8-10,13-14,16-17H,4-7,11-12,15,18-22H2,1-3H3. The summed E-state index contributed by atoms with van der Waals surface area (Å²) in [6.45, 7) is 9.24. The van der Waals surface area contributed by atoms with Crippen LogP contribution in [0.15, 0.2) is 42.5 Å². The number of ether oxygens (including phenoxy) is 1. The Bertz CT molecular complexity index is 822. The molecular formula is C27H40N2O3S. The molecule has 0 aliphatic rings. The van der Waals surface area contributed by atoms with Crippen LogP contribution in [-0.4, -0.2) is 47.9 Å². The number of hydrogen-bond donors (Lipinski definition) is 0. The molecule has 0 aliphatic carbocycles. The molecule has 5 nitrogen and oxygen atoms in total. The number of carbonyl (C=O) groups excluding carboxylic acids is 2. The Morgan fingerprint density at radius 1 is 0.879 bits per heavy atom. The molecule has 1 aromatic heterocycles. The van der Waals surface area contributed by atoms with Gasteiger partial charge in [0.25, 0.3) is 0 Å². The van der Waals surface area contributed by atoms with E-state index in [-0.39, 0.29) is 18.4 Å². The lowest BCUT2D eigenvalue weighted by atomic mass is 10.1. The van der Waals surface area contributed by atoms with E-state index >= 15 is 0 Å². The van der Waals surface area contributed by atoms with Gasteiger partial charge >= 0.3 is 0 Å². The lowest BCUT2D eigenvalue weighted by Crippen LogP contribution is -2.43. The van der Waals surface area contributed by atoms with Crippen molar-refractivity contribution in [2.75, 3.05) is 26.3 Å². The van der Waals surface area contributed by atoms with Crippen molar-refractivity contribution < 1.29 is 14.3 Å². The number of amides is 2. The van der Waals surface area contributed by atoms with Gasteiger partial charge in [0.05, 0.1) is 13.1 Å². The zero-order valence-corrected chi connectivity index (χ0v) is 21.4. The number of benzene rings is 1. The average molecular weight is 473 g/mol. The molecule has 0 atom stereocenters. The summed E-state index contributed by atoms with van der Waals surface area (Å²) in [7, 11) is 0. The average Bonchev–Trinajstić information content (AvgIpc) is 3.23. The molecule has 0 radical (unpaired) electrons. The maximum atomic E-state index is 13.4. The van der Waals surface area contributed by atoms with E-state index in [1.54, 1.807) is 16.2 Å². The van der Waals surface area contributed by atoms with Crippen molar-refractivity contribution in [2.24, 2.45) is 0 Å². The first kappa shape index (κ1) is 27.1. The minimum atomic E-state index is -0.0109. The molecule has 2 rings (SSSR count). The van der Waals surface area contributed by atoms with Crippen molar-refractivity contribution >= 4 is 23.2 Å². The van der Waals surface area contributed by atoms with E-state index in [1.165, 1.54) is 4.88 Å². The molecule has 33 heavy (non-hydrogen) atoms. The first-order valence-electron chi connectivity index (χ1n) is 12.3. The number of nitrogens with zero attached hydrogens (tertiary/aromatic N) is 2. The second kappa shape index (κ2) is 15.6. The summed E-state index contributed by atoms with van der Waals surface area (Å²) in [4.78, 5) is 32.4. The predicted molar refractivity (Wildman–Crippen MR) is 136 cm³/mol. The minimum Gasteiger partial charge on any atom is -0.382 e. The Balaban J connectivity index is 2.08. The summed E-state index contributed by atoms with van der Waals surface area (Å²) in [6.07, 6.45) is 5.46. The van der Waals surface area contributed by atoms with Gasteiger partial charge < -0.3 is 14.5 Å². The summed E-state index contributed by atoms with van der Waals surface area (Å²) in [5, 5.41) is 0. The molecule has 0 N–H and O–H groups in total. The van der Waals surface area contributed by atoms with Crippen molar-refractivity contribution in [2.45, 2.75) is 72.4 Å². The normalized spacial score (nSPS) is 10.9. The molecule has 0 fully saturated rings. The van der Waals surface area contributed by atoms with Gasteiger partial charge in [-0.15, -0.1) is 11.3 Å². The third kappa shape index (κ3) is 10.5. The zero-order valence-electron chi connectivity index (χ0n) is 20.6. The molecule has 6 heteroatoms. The highest BCUT2D eigenvalue weighted by Crippen LogP contribution is 2.19. The highest BCUT2D eigenvalue weighted by Gasteiger charge is 2.22. The number of thiophene rings is 1. The van der Waals surface area contributed by atoms with Crippen LogP contribution in [0.4, 0.5) is 0 Å². The quantitative estimate of drug-likeness (QED) is 0.290. The maximum Gasteiger partial charge on any atom is 0.242 e. The van der Waals surface area contributed by atoms with E-state index < -0.39 is 0 Å². The molecule has 0 spiro atoms. The van der Waals surface area contributed by atoms with Gasteiger partial charge in [0.15, 0.2) is 0 Å². The topological polar surface area (TPSA) is 49.9 Å². The van der Waals surface area contributed by atoms with Gasteiger partial charge in [0, 0.05) is 42.5 Å². The number of hydrogen-bond acceptors (Lipinski definition) is 4. The fourth-order valence-corrected chi connectivity index (χ4v) is 4.62. The molecule has 182 valence electrons. The van der Waals surface area contributed by atoms with E-state index in [9.17, 15) is 9.59 Å². The molecule has 0 saturated carbocycles. The Morgan fingerprint density at radius 2 is 1.67 bits per heavy atom. The molecule has 1 aromatic carbocycles. The van der Waals surface area contributed by atoms with E-state index in [0.717, 1.165) is 42.5 Å². The summed E-state index contributed by atoms with van der Waals surface area (Å²) in [6, 6.07) is 14.2. The van der Waals surface area contributed by atoms with Crippen LogP contribution >= 0.6 is 11.3 Å². The molecular weight excluding hydrogens is 432 g/mol. The number of unbranched alkanes of at least 4 members (excludes halogenated alkanes) is 3. The van der Waals surface area contributed by atoms with Crippen LogP contribution in [0.25, 0.3) is 0 Å². The van der Waals surface area contributed by atoms with Crippen molar-refractivity contribution in [1.29, 1.82) is 0 Å². The lowest BCUT2D eigenvalue weighted by molar-refractivity contribution is -0.141. The fraction of sp³-hybridized carbons (Fsp3) is 0.556. The van der Waals surface area contributed by atoms with Crippen LogP contribution in [0.1, 0.15) is 67.7 Å². The van der Waals surface area contributed by atoms with Crippen molar-refractivity contribution in [3.63, 3.8) is 0 Å². The lowest BCUT2D eigenvalue weighted by Gasteiger charge is -2.28. The summed E-state index contributed by atoms with van der Waals surface area (Å²) < 4.78 is 5.46. The third-order valence-corrected chi connectivity index (χ3v) is 6.54. The van der Waals surface area contributed by atoms with Crippen LogP contribution in [0.3, 0.4) is 0 Å². The van der Waals surface area contributed by atoms with Gasteiger partial charge in [-0.25, -0.2) is 0 Å². The monoisotopic (exact) mass is 472 g/mol. The molecule has 0 bridgehead atoms. The molecule has 1 heterocycles. The van der Waals surface area contributed by atoms with Crippen LogP contribution < -0.4 is 0 Å². The van der Waals surface area contributed by atoms with Crippen LogP contribution in [-0.2, 0) is 27.4 Å². The maximum absolute atomic E-state index is 13.4. The predicted octanol–water partition coefficient (Wildman–Crippen LogP) is 5.81. The largest absolute Gasteiger partial charge is 0.382 e. The summed E-state index contributed by atoms with van der Waals surface area (Å²) in [5.41, 5.74) is 1.09. The van der Waals surface area contributed by atoms with Gasteiger partial charge in [-0.2, -0.15) is 0 Å². The Morgan fingerprint density at radius 3 is 2.33 bits per heavy atom. The highest BCUT2D eigenvalue weighted by atomic mass is 32.1. The zero-order chi connectivity index (χ0) is 23.9. The van der Waals surface area contributed by atoms with Crippen LogP contribution in [0.2, 0.25) is 0 Å². The first-order chi connectivity index (χ1) is 16.0. The Hall–Kier alpha value is -2.18. The van der Waals surface area contributed by atoms with Crippen molar-refractivity contribution in [3.05, 3.63) is 57.8 Å². The summed E-state index contributed by atoms with van der Waals surface area (Å²) >= 11 is 1.71. The van der Waals surface area contributed by atoms with E-state index in [2.05, 4.69) is 26.0 Å². The summed E-state index contributed by atoms with van der Waals surface area (Å²) in [5.74, 6) is 0.0609. The van der Waals surface area contributed by atoms with Gasteiger partial charge in [0.1, 0.15) is 0 Å². The number of carbonyl (C=O) groups is 2. The Kier molecular flexibility index (Phi) is 12.8. The van der Waals surface area contributed by atoms with E-state index in [1.807, 2.05) is 42.2 Å². The molecule has 0 aliphatic heterocycles. The first-order valence-corrected chi connectivity index (χ1v) is 13.1. The second-order valence-electron chi connectivity index (χ2n) is 8.42. The second-order valence-corrected chi connectivity index (χ2v) is 9.80. The number of rotatable bonds is 16.